The van der Waals surface area contributed by atoms with E-state index in [4.69, 9.17) is 9.15 Å². The summed E-state index contributed by atoms with van der Waals surface area (Å²) in [6.45, 7) is 4.16. The van der Waals surface area contributed by atoms with E-state index in [0.717, 1.165) is 24.4 Å². The van der Waals surface area contributed by atoms with Crippen molar-refractivity contribution in [3.05, 3.63) is 23.7 Å². The van der Waals surface area contributed by atoms with Crippen molar-refractivity contribution < 1.29 is 13.9 Å². The predicted octanol–water partition coefficient (Wildman–Crippen LogP) is 1.32. The van der Waals surface area contributed by atoms with Crippen LogP contribution in [-0.4, -0.2) is 43.7 Å². The normalized spacial score (nSPS) is 14.6. The number of hydrogen-bond donors (Lipinski definition) is 1. The van der Waals surface area contributed by atoms with Gasteiger partial charge in [0.25, 0.3) is 0 Å². The van der Waals surface area contributed by atoms with Gasteiger partial charge in [-0.1, -0.05) is 0 Å². The number of methoxy groups -OCH3 is 1. The summed E-state index contributed by atoms with van der Waals surface area (Å²) in [4.78, 5) is 14.1. The van der Waals surface area contributed by atoms with Gasteiger partial charge in [-0.3, -0.25) is 4.79 Å². The van der Waals surface area contributed by atoms with Crippen molar-refractivity contribution in [3.63, 3.8) is 0 Å². The van der Waals surface area contributed by atoms with Gasteiger partial charge in [-0.2, -0.15) is 0 Å². The topological polar surface area (TPSA) is 54.7 Å². The molecule has 1 N–H and O–H groups in total. The SMILES string of the molecule is COCCNCC(=O)N(Cc1ccc(C)o1)C1CC1. The minimum Gasteiger partial charge on any atom is -0.464 e. The molecule has 0 atom stereocenters. The highest BCUT2D eigenvalue weighted by atomic mass is 16.5. The molecule has 1 aromatic rings. The first-order valence-electron chi connectivity index (χ1n) is 6.75. The molecule has 5 heteroatoms. The lowest BCUT2D eigenvalue weighted by molar-refractivity contribution is -0.131. The van der Waals surface area contributed by atoms with Gasteiger partial charge in [0.2, 0.25) is 5.91 Å². The van der Waals surface area contributed by atoms with E-state index >= 15 is 0 Å². The Hall–Kier alpha value is -1.33. The predicted molar refractivity (Wildman–Crippen MR) is 71.8 cm³/mol. The fourth-order valence-electron chi connectivity index (χ4n) is 2.02. The Morgan fingerprint density at radius 3 is 2.89 bits per heavy atom. The van der Waals surface area contributed by atoms with Gasteiger partial charge in [-0.15, -0.1) is 0 Å². The molecular weight excluding hydrogens is 244 g/mol. The lowest BCUT2D eigenvalue weighted by Gasteiger charge is -2.21. The van der Waals surface area contributed by atoms with E-state index in [1.165, 1.54) is 0 Å². The van der Waals surface area contributed by atoms with Crippen molar-refractivity contribution in [2.24, 2.45) is 0 Å². The van der Waals surface area contributed by atoms with Crippen LogP contribution in [0.25, 0.3) is 0 Å². The van der Waals surface area contributed by atoms with Crippen molar-refractivity contribution in [1.29, 1.82) is 0 Å². The van der Waals surface area contributed by atoms with Crippen molar-refractivity contribution >= 4 is 5.91 Å². The molecule has 2 rings (SSSR count). The molecule has 1 heterocycles. The van der Waals surface area contributed by atoms with Crippen LogP contribution in [0.3, 0.4) is 0 Å². The molecule has 1 aliphatic carbocycles. The zero-order valence-electron chi connectivity index (χ0n) is 11.6. The van der Waals surface area contributed by atoms with Crippen LogP contribution in [0.5, 0.6) is 0 Å². The summed E-state index contributed by atoms with van der Waals surface area (Å²) in [5.74, 6) is 1.87. The van der Waals surface area contributed by atoms with Gasteiger partial charge in [-0.05, 0) is 31.9 Å². The van der Waals surface area contributed by atoms with E-state index in [2.05, 4.69) is 5.32 Å². The number of furan rings is 1. The van der Waals surface area contributed by atoms with E-state index in [-0.39, 0.29) is 5.91 Å². The highest BCUT2D eigenvalue weighted by molar-refractivity contribution is 5.78. The van der Waals surface area contributed by atoms with E-state index in [0.29, 0.717) is 32.3 Å². The first-order valence-corrected chi connectivity index (χ1v) is 6.75. The maximum absolute atomic E-state index is 12.2. The summed E-state index contributed by atoms with van der Waals surface area (Å²) in [6.07, 6.45) is 2.20. The monoisotopic (exact) mass is 266 g/mol. The standard InChI is InChI=1S/C14H22N2O3/c1-11-3-6-13(19-11)10-16(12-4-5-12)14(17)9-15-7-8-18-2/h3,6,12,15H,4-5,7-10H2,1-2H3. The Morgan fingerprint density at radius 2 is 2.32 bits per heavy atom. The molecule has 1 fully saturated rings. The summed E-state index contributed by atoms with van der Waals surface area (Å²) >= 11 is 0. The largest absolute Gasteiger partial charge is 0.464 e. The molecule has 106 valence electrons. The summed E-state index contributed by atoms with van der Waals surface area (Å²) in [6, 6.07) is 4.26. The van der Waals surface area contributed by atoms with Gasteiger partial charge in [-0.25, -0.2) is 0 Å². The van der Waals surface area contributed by atoms with Gasteiger partial charge in [0, 0.05) is 19.7 Å². The number of nitrogens with one attached hydrogen (secondary N) is 1. The average molecular weight is 266 g/mol. The van der Waals surface area contributed by atoms with Crippen LogP contribution in [0.15, 0.2) is 16.5 Å². The molecule has 0 spiro atoms. The molecule has 0 aliphatic heterocycles. The first kappa shape index (κ1) is 14.1. The van der Waals surface area contributed by atoms with Crippen LogP contribution >= 0.6 is 0 Å². The van der Waals surface area contributed by atoms with Gasteiger partial charge < -0.3 is 19.4 Å². The molecule has 0 aromatic carbocycles. The maximum atomic E-state index is 12.2. The third-order valence-electron chi connectivity index (χ3n) is 3.19. The Morgan fingerprint density at radius 1 is 1.53 bits per heavy atom. The Kier molecular flexibility index (Phi) is 4.99. The lowest BCUT2D eigenvalue weighted by atomic mass is 10.3. The van der Waals surface area contributed by atoms with Gasteiger partial charge >= 0.3 is 0 Å². The van der Waals surface area contributed by atoms with Crippen LogP contribution < -0.4 is 5.32 Å². The maximum Gasteiger partial charge on any atom is 0.237 e. The molecule has 0 unspecified atom stereocenters. The Bertz CT molecular complexity index is 413. The second-order valence-electron chi connectivity index (χ2n) is 4.93. The molecule has 19 heavy (non-hydrogen) atoms. The van der Waals surface area contributed by atoms with Crippen LogP contribution in [0, 0.1) is 6.92 Å². The van der Waals surface area contributed by atoms with Gasteiger partial charge in [0.05, 0.1) is 19.7 Å². The molecule has 5 nitrogen and oxygen atoms in total. The van der Waals surface area contributed by atoms with Crippen molar-refractivity contribution in [3.8, 4) is 0 Å². The first-order chi connectivity index (χ1) is 9.20. The number of amides is 1. The van der Waals surface area contributed by atoms with Crippen molar-refractivity contribution in [2.45, 2.75) is 32.4 Å². The third-order valence-corrected chi connectivity index (χ3v) is 3.19. The second-order valence-corrected chi connectivity index (χ2v) is 4.93. The molecule has 0 bridgehead atoms. The highest BCUT2D eigenvalue weighted by Gasteiger charge is 2.32. The molecule has 1 amide bonds. The van der Waals surface area contributed by atoms with Crippen LogP contribution in [0.4, 0.5) is 0 Å². The quantitative estimate of drug-likeness (QED) is 0.721. The van der Waals surface area contributed by atoms with Gasteiger partial charge in [0.1, 0.15) is 11.5 Å². The summed E-state index contributed by atoms with van der Waals surface area (Å²) in [5.41, 5.74) is 0. The Balaban J connectivity index is 1.83. The van der Waals surface area contributed by atoms with E-state index in [1.807, 2.05) is 24.0 Å². The smallest absolute Gasteiger partial charge is 0.237 e. The lowest BCUT2D eigenvalue weighted by Crippen LogP contribution is -2.39. The zero-order chi connectivity index (χ0) is 13.7. The number of hydrogen-bond acceptors (Lipinski definition) is 4. The van der Waals surface area contributed by atoms with E-state index in [9.17, 15) is 4.79 Å². The molecule has 1 saturated carbocycles. The van der Waals surface area contributed by atoms with E-state index in [1.54, 1.807) is 7.11 Å². The number of carbonyl (C=O) groups is 1. The molecule has 1 aliphatic rings. The summed E-state index contributed by atoms with van der Waals surface area (Å²) in [7, 11) is 1.65. The van der Waals surface area contributed by atoms with Crippen LogP contribution in [0.1, 0.15) is 24.4 Å². The van der Waals surface area contributed by atoms with Crippen molar-refractivity contribution in [1.82, 2.24) is 10.2 Å². The summed E-state index contributed by atoms with van der Waals surface area (Å²) < 4.78 is 10.5. The average Bonchev–Trinajstić information content (AvgIpc) is 3.15. The number of nitrogens with zero attached hydrogens (tertiary/aromatic N) is 1. The number of rotatable bonds is 8. The van der Waals surface area contributed by atoms with Crippen molar-refractivity contribution in [2.75, 3.05) is 26.8 Å². The summed E-state index contributed by atoms with van der Waals surface area (Å²) in [5, 5.41) is 3.09. The fourth-order valence-corrected chi connectivity index (χ4v) is 2.02. The number of carbonyl (C=O) groups excluding carboxylic acids is 1. The fraction of sp³-hybridized carbons (Fsp3) is 0.643. The van der Waals surface area contributed by atoms with Crippen LogP contribution in [0.2, 0.25) is 0 Å². The minimum absolute atomic E-state index is 0.132. The zero-order valence-corrected chi connectivity index (χ0v) is 11.6. The molecule has 0 saturated heterocycles. The van der Waals surface area contributed by atoms with Crippen LogP contribution in [-0.2, 0) is 16.1 Å². The third kappa shape index (κ3) is 4.36. The molecule has 1 aromatic heterocycles. The van der Waals surface area contributed by atoms with E-state index < -0.39 is 0 Å². The molecular formula is C14H22N2O3. The number of ether oxygens (including phenoxy) is 1. The highest BCUT2D eigenvalue weighted by Crippen LogP contribution is 2.28. The number of aryl methyl sites for hydroxylation is 1. The minimum atomic E-state index is 0.132. The molecule has 0 radical (unpaired) electrons. The Labute approximate surface area is 113 Å². The second kappa shape index (κ2) is 6.73. The van der Waals surface area contributed by atoms with Gasteiger partial charge in [0.15, 0.2) is 0 Å².